The molecule has 4 nitrogen and oxygen atoms in total. The van der Waals surface area contributed by atoms with E-state index in [0.29, 0.717) is 0 Å². The highest BCUT2D eigenvalue weighted by Gasteiger charge is 2.18. The highest BCUT2D eigenvalue weighted by Crippen LogP contribution is 2.40. The third-order valence-electron chi connectivity index (χ3n) is 1.05. The molecule has 6 heteroatoms. The van der Waals surface area contributed by atoms with Crippen LogP contribution in [-0.4, -0.2) is 19.8 Å². The van der Waals surface area contributed by atoms with Crippen molar-refractivity contribution < 1.29 is 9.05 Å². The largest absolute Gasteiger partial charge is 0.321 e. The standard InChI is InChI=1S/C6H17N2O2PS/c1-6(2,3)7-8-11(12,9-4)10-5/h7H,1-5H3,(H,8,12). The Morgan fingerprint density at radius 1 is 1.17 bits per heavy atom. The van der Waals surface area contributed by atoms with Gasteiger partial charge in [0.15, 0.2) is 0 Å². The van der Waals surface area contributed by atoms with Crippen molar-refractivity contribution in [3.05, 3.63) is 0 Å². The zero-order valence-electron chi connectivity index (χ0n) is 8.17. The van der Waals surface area contributed by atoms with Crippen LogP contribution in [0.2, 0.25) is 0 Å². The van der Waals surface area contributed by atoms with E-state index >= 15 is 0 Å². The third kappa shape index (κ3) is 5.19. The van der Waals surface area contributed by atoms with Gasteiger partial charge in [0.05, 0.1) is 0 Å². The normalized spacial score (nSPS) is 13.4. The minimum Gasteiger partial charge on any atom is -0.321 e. The van der Waals surface area contributed by atoms with Crippen molar-refractivity contribution >= 4 is 18.4 Å². The van der Waals surface area contributed by atoms with E-state index in [0.717, 1.165) is 0 Å². The molecule has 0 aliphatic rings. The maximum atomic E-state index is 5.07. The molecule has 0 fully saturated rings. The van der Waals surface area contributed by atoms with Gasteiger partial charge in [0.1, 0.15) is 0 Å². The number of hydrazine groups is 1. The van der Waals surface area contributed by atoms with Crippen LogP contribution in [0.15, 0.2) is 0 Å². The summed E-state index contributed by atoms with van der Waals surface area (Å²) in [5.74, 6) is 0. The Kier molecular flexibility index (Phi) is 4.84. The van der Waals surface area contributed by atoms with E-state index in [1.807, 2.05) is 20.8 Å². The van der Waals surface area contributed by atoms with E-state index in [2.05, 4.69) is 10.6 Å². The molecular formula is C6H17N2O2PS. The molecule has 0 saturated carbocycles. The second kappa shape index (κ2) is 4.65. The van der Waals surface area contributed by atoms with Crippen LogP contribution in [0.5, 0.6) is 0 Å². The molecule has 0 saturated heterocycles. The quantitative estimate of drug-likeness (QED) is 0.544. The summed E-state index contributed by atoms with van der Waals surface area (Å²) in [5, 5.41) is 2.87. The average molecular weight is 212 g/mol. The lowest BCUT2D eigenvalue weighted by atomic mass is 10.1. The number of rotatable bonds is 4. The molecule has 0 unspecified atom stereocenters. The molecule has 0 aliphatic heterocycles. The highest BCUT2D eigenvalue weighted by molar-refractivity contribution is 8.08. The van der Waals surface area contributed by atoms with E-state index < -0.39 is 6.64 Å². The molecule has 2 N–H and O–H groups in total. The van der Waals surface area contributed by atoms with Crippen molar-refractivity contribution in [1.29, 1.82) is 0 Å². The summed E-state index contributed by atoms with van der Waals surface area (Å²) < 4.78 is 10.0. The van der Waals surface area contributed by atoms with Crippen molar-refractivity contribution in [2.24, 2.45) is 0 Å². The van der Waals surface area contributed by atoms with E-state index in [-0.39, 0.29) is 5.54 Å². The van der Waals surface area contributed by atoms with Crippen LogP contribution in [0.3, 0.4) is 0 Å². The fourth-order valence-electron chi connectivity index (χ4n) is 0.402. The SMILES string of the molecule is COP(=S)(NNC(C)(C)C)OC. The lowest BCUT2D eigenvalue weighted by molar-refractivity contribution is 0.301. The molecule has 0 aromatic carbocycles. The van der Waals surface area contributed by atoms with E-state index in [4.69, 9.17) is 20.9 Å². The van der Waals surface area contributed by atoms with Crippen LogP contribution in [0.25, 0.3) is 0 Å². The predicted molar refractivity (Wildman–Crippen MR) is 54.3 cm³/mol. The van der Waals surface area contributed by atoms with E-state index in [1.54, 1.807) is 0 Å². The zero-order chi connectivity index (χ0) is 9.83. The first kappa shape index (κ1) is 12.5. The van der Waals surface area contributed by atoms with Gasteiger partial charge in [0.25, 0.3) is 6.64 Å². The van der Waals surface area contributed by atoms with Gasteiger partial charge in [-0.2, -0.15) is 5.20 Å². The smallest absolute Gasteiger partial charge is 0.274 e. The minimum atomic E-state index is -2.31. The third-order valence-corrected chi connectivity index (χ3v) is 3.56. The van der Waals surface area contributed by atoms with Crippen molar-refractivity contribution in [2.75, 3.05) is 14.2 Å². The van der Waals surface area contributed by atoms with Crippen LogP contribution in [-0.2, 0) is 20.9 Å². The summed E-state index contributed by atoms with van der Waals surface area (Å²) >= 11 is 5.07. The Hall–Kier alpha value is 0.490. The fraction of sp³-hybridized carbons (Fsp3) is 1.00. The van der Waals surface area contributed by atoms with Crippen molar-refractivity contribution in [2.45, 2.75) is 26.3 Å². The second-order valence-corrected chi connectivity index (χ2v) is 6.74. The zero-order valence-corrected chi connectivity index (χ0v) is 9.88. The van der Waals surface area contributed by atoms with Gasteiger partial charge in [-0.1, -0.05) is 0 Å². The lowest BCUT2D eigenvalue weighted by Gasteiger charge is -2.26. The molecule has 0 amide bonds. The summed E-state index contributed by atoms with van der Waals surface area (Å²) in [5.41, 5.74) is 2.96. The molecule has 0 aromatic heterocycles. The summed E-state index contributed by atoms with van der Waals surface area (Å²) in [7, 11) is 3.06. The van der Waals surface area contributed by atoms with Crippen LogP contribution in [0, 0.1) is 0 Å². The van der Waals surface area contributed by atoms with Gasteiger partial charge in [0, 0.05) is 19.8 Å². The van der Waals surface area contributed by atoms with Crippen molar-refractivity contribution in [1.82, 2.24) is 10.6 Å². The van der Waals surface area contributed by atoms with Crippen LogP contribution in [0.1, 0.15) is 20.8 Å². The number of hydrogen-bond acceptors (Lipinski definition) is 4. The Morgan fingerprint density at radius 2 is 1.58 bits per heavy atom. The summed E-state index contributed by atoms with van der Waals surface area (Å²) in [6.45, 7) is 3.75. The number of hydrogen-bond donors (Lipinski definition) is 2. The van der Waals surface area contributed by atoms with Gasteiger partial charge < -0.3 is 9.05 Å². The first-order chi connectivity index (χ1) is 5.33. The first-order valence-electron chi connectivity index (χ1n) is 3.59. The fourth-order valence-corrected chi connectivity index (χ4v) is 1.34. The summed E-state index contributed by atoms with van der Waals surface area (Å²) in [4.78, 5) is 0. The van der Waals surface area contributed by atoms with Crippen molar-refractivity contribution in [3.63, 3.8) is 0 Å². The van der Waals surface area contributed by atoms with Crippen LogP contribution >= 0.6 is 6.64 Å². The van der Waals surface area contributed by atoms with Gasteiger partial charge in [-0.15, -0.1) is 0 Å². The van der Waals surface area contributed by atoms with Gasteiger partial charge in [-0.25, -0.2) is 5.43 Å². The Labute approximate surface area is 79.2 Å². The molecule has 0 aromatic rings. The summed E-state index contributed by atoms with van der Waals surface area (Å²) in [6.07, 6.45) is 0. The highest BCUT2D eigenvalue weighted by atomic mass is 32.5. The van der Waals surface area contributed by atoms with Gasteiger partial charge in [-0.3, -0.25) is 0 Å². The van der Waals surface area contributed by atoms with Crippen molar-refractivity contribution in [3.8, 4) is 0 Å². The molecule has 74 valence electrons. The van der Waals surface area contributed by atoms with Crippen LogP contribution < -0.4 is 10.6 Å². The second-order valence-electron chi connectivity index (χ2n) is 3.35. The molecule has 0 radical (unpaired) electrons. The Morgan fingerprint density at radius 3 is 1.83 bits per heavy atom. The monoisotopic (exact) mass is 212 g/mol. The Balaban J connectivity index is 3.99. The van der Waals surface area contributed by atoms with E-state index in [9.17, 15) is 0 Å². The summed E-state index contributed by atoms with van der Waals surface area (Å²) in [6, 6.07) is 0. The first-order valence-corrected chi connectivity index (χ1v) is 6.23. The molecule has 0 rings (SSSR count). The van der Waals surface area contributed by atoms with Crippen LogP contribution in [0.4, 0.5) is 0 Å². The Bertz CT molecular complexity index is 173. The van der Waals surface area contributed by atoms with Gasteiger partial charge in [-0.05, 0) is 32.6 Å². The van der Waals surface area contributed by atoms with Gasteiger partial charge in [0.2, 0.25) is 0 Å². The number of nitrogens with one attached hydrogen (secondary N) is 2. The lowest BCUT2D eigenvalue weighted by Crippen LogP contribution is -2.44. The molecule has 0 heterocycles. The molecule has 0 atom stereocenters. The molecule has 0 spiro atoms. The molecule has 0 aliphatic carbocycles. The maximum absolute atomic E-state index is 5.07. The molecule has 0 bridgehead atoms. The minimum absolute atomic E-state index is 0.0544. The van der Waals surface area contributed by atoms with Gasteiger partial charge >= 0.3 is 0 Å². The maximum Gasteiger partial charge on any atom is 0.274 e. The predicted octanol–water partition coefficient (Wildman–Crippen LogP) is 1.40. The topological polar surface area (TPSA) is 42.5 Å². The van der Waals surface area contributed by atoms with E-state index in [1.165, 1.54) is 14.2 Å². The average Bonchev–Trinajstić information content (AvgIpc) is 1.99. The molecular weight excluding hydrogens is 195 g/mol. The molecule has 12 heavy (non-hydrogen) atoms.